The lowest BCUT2D eigenvalue weighted by Crippen LogP contribution is -2.71. The number of rotatable bonds is 7. The maximum atomic E-state index is 12.6. The largest absolute Gasteiger partial charge is 0.478 e. The second-order valence-electron chi connectivity index (χ2n) is 6.15. The normalized spacial score (nSPS) is 21.0. The van der Waals surface area contributed by atoms with Crippen molar-refractivity contribution in [2.75, 3.05) is 5.73 Å². The summed E-state index contributed by atoms with van der Waals surface area (Å²) in [6.07, 6.45) is 0. The van der Waals surface area contributed by atoms with Crippen LogP contribution in [0.25, 0.3) is 0 Å². The fourth-order valence-electron chi connectivity index (χ4n) is 2.06. The molecule has 0 saturated carbocycles. The highest BCUT2D eigenvalue weighted by molar-refractivity contribution is 7.84. The lowest BCUT2D eigenvalue weighted by Gasteiger charge is -2.42. The molecule has 2 atom stereocenters. The predicted molar refractivity (Wildman–Crippen MR) is 95.7 cm³/mol. The molecule has 0 unspecified atom stereocenters. The molecule has 154 valence electrons. The molecule has 0 spiro atoms. The minimum absolute atomic E-state index is 0.0753. The lowest BCUT2D eigenvalue weighted by atomic mass is 10.0. The number of β-lactam (4-membered cyclic amide) rings is 1. The number of anilines is 1. The van der Waals surface area contributed by atoms with Crippen molar-refractivity contribution < 1.29 is 38.7 Å². The van der Waals surface area contributed by atoms with Crippen LogP contribution in [0.1, 0.15) is 27.8 Å². The van der Waals surface area contributed by atoms with E-state index in [2.05, 4.69) is 15.5 Å². The number of carboxylic acid groups (broad SMARTS) is 1. The first kappa shape index (κ1) is 20.0. The summed E-state index contributed by atoms with van der Waals surface area (Å²) in [5.41, 5.74) is 2.71. The number of nitrogens with two attached hydrogens (primary N) is 1. The van der Waals surface area contributed by atoms with Gasteiger partial charge in [0.05, 0.1) is 7.41 Å². The molecule has 0 aliphatic carbocycles. The van der Waals surface area contributed by atoms with Crippen molar-refractivity contribution in [2.24, 2.45) is 5.16 Å². The van der Waals surface area contributed by atoms with Crippen molar-refractivity contribution in [1.82, 2.24) is 14.6 Å². The SMILES string of the molecule is [2H]c1sc(N)nc1/C(=N/OC(C)(C)C(=O)O)C(=O)N[C@@H]1C(=O)N(S(=O)(=O)O)[C@H]1C. The van der Waals surface area contributed by atoms with Gasteiger partial charge in [-0.15, -0.1) is 11.3 Å². The van der Waals surface area contributed by atoms with E-state index in [1.165, 1.54) is 6.92 Å². The summed E-state index contributed by atoms with van der Waals surface area (Å²) < 4.78 is 39.3. The van der Waals surface area contributed by atoms with Crippen molar-refractivity contribution in [3.63, 3.8) is 0 Å². The number of amides is 2. The molecule has 2 amide bonds. The summed E-state index contributed by atoms with van der Waals surface area (Å²) in [7, 11) is -4.79. The Morgan fingerprint density at radius 1 is 1.54 bits per heavy atom. The summed E-state index contributed by atoms with van der Waals surface area (Å²) in [6.45, 7) is 3.58. The number of aromatic nitrogens is 1. The van der Waals surface area contributed by atoms with Crippen molar-refractivity contribution in [2.45, 2.75) is 38.5 Å². The average Bonchev–Trinajstić information content (AvgIpc) is 2.89. The highest BCUT2D eigenvalue weighted by Crippen LogP contribution is 2.23. The van der Waals surface area contributed by atoms with Gasteiger partial charge in [0, 0.05) is 5.36 Å². The maximum absolute atomic E-state index is 12.6. The molecule has 1 aliphatic rings. The summed E-state index contributed by atoms with van der Waals surface area (Å²) in [5.74, 6) is -3.58. The Morgan fingerprint density at radius 3 is 2.57 bits per heavy atom. The average molecular weight is 436 g/mol. The van der Waals surface area contributed by atoms with Gasteiger partial charge in [-0.25, -0.2) is 14.1 Å². The fraction of sp³-hybridized carbons (Fsp3) is 0.462. The Labute approximate surface area is 164 Å². The van der Waals surface area contributed by atoms with Crippen molar-refractivity contribution in [3.05, 3.63) is 11.1 Å². The van der Waals surface area contributed by atoms with Crippen LogP contribution >= 0.6 is 11.3 Å². The minimum atomic E-state index is -4.79. The van der Waals surface area contributed by atoms with Gasteiger partial charge in [-0.05, 0) is 20.8 Å². The number of carbonyl (C=O) groups excluding carboxylic acids is 2. The molecule has 0 aromatic carbocycles. The summed E-state index contributed by atoms with van der Waals surface area (Å²) in [4.78, 5) is 44.4. The molecule has 1 aromatic heterocycles. The first-order valence-corrected chi connectivity index (χ1v) is 9.72. The zero-order chi connectivity index (χ0) is 22.3. The number of nitrogen functional groups attached to an aromatic ring is 1. The maximum Gasteiger partial charge on any atom is 0.362 e. The zero-order valence-corrected chi connectivity index (χ0v) is 16.4. The van der Waals surface area contributed by atoms with Crippen LogP contribution in [-0.4, -0.2) is 68.5 Å². The van der Waals surface area contributed by atoms with E-state index in [0.717, 1.165) is 13.8 Å². The summed E-state index contributed by atoms with van der Waals surface area (Å²) in [6, 6.07) is -2.43. The summed E-state index contributed by atoms with van der Waals surface area (Å²) in [5, 5.41) is 14.4. The van der Waals surface area contributed by atoms with Gasteiger partial charge in [0.15, 0.2) is 10.8 Å². The Bertz CT molecular complexity index is 1000. The van der Waals surface area contributed by atoms with Crippen molar-refractivity contribution in [3.8, 4) is 0 Å². The van der Waals surface area contributed by atoms with Crippen LogP contribution < -0.4 is 11.1 Å². The number of carbonyl (C=O) groups is 3. The van der Waals surface area contributed by atoms with E-state index in [1.807, 2.05) is 0 Å². The number of hydrogen-bond donors (Lipinski definition) is 4. The van der Waals surface area contributed by atoms with E-state index in [0.29, 0.717) is 11.3 Å². The third-order valence-corrected chi connectivity index (χ3v) is 5.27. The van der Waals surface area contributed by atoms with Crippen LogP contribution in [0, 0.1) is 0 Å². The molecule has 1 aliphatic heterocycles. The Balaban J connectivity index is 2.32. The van der Waals surface area contributed by atoms with E-state index in [4.69, 9.17) is 21.6 Å². The van der Waals surface area contributed by atoms with Crippen molar-refractivity contribution in [1.29, 1.82) is 0 Å². The van der Waals surface area contributed by atoms with Crippen LogP contribution in [0.5, 0.6) is 0 Å². The van der Waals surface area contributed by atoms with Crippen molar-refractivity contribution >= 4 is 50.3 Å². The van der Waals surface area contributed by atoms with Gasteiger partial charge in [0.25, 0.3) is 11.8 Å². The lowest BCUT2D eigenvalue weighted by molar-refractivity contribution is -0.161. The molecule has 2 heterocycles. The number of nitrogens with zero attached hydrogens (tertiary/aromatic N) is 3. The van der Waals surface area contributed by atoms with Gasteiger partial charge in [0.2, 0.25) is 5.60 Å². The molecule has 5 N–H and O–H groups in total. The molecule has 28 heavy (non-hydrogen) atoms. The molecule has 2 rings (SSSR count). The van der Waals surface area contributed by atoms with E-state index >= 15 is 0 Å². The van der Waals surface area contributed by atoms with Crippen LogP contribution in [0.2, 0.25) is 0 Å². The van der Waals surface area contributed by atoms with Gasteiger partial charge in [-0.1, -0.05) is 5.16 Å². The number of oxime groups is 1. The molecule has 1 saturated heterocycles. The molecule has 0 bridgehead atoms. The highest BCUT2D eigenvalue weighted by atomic mass is 32.2. The third kappa shape index (κ3) is 4.20. The number of hydrogen-bond acceptors (Lipinski definition) is 10. The van der Waals surface area contributed by atoms with E-state index in [9.17, 15) is 22.8 Å². The van der Waals surface area contributed by atoms with Gasteiger partial charge in [-0.3, -0.25) is 14.1 Å². The minimum Gasteiger partial charge on any atom is -0.478 e. The smallest absolute Gasteiger partial charge is 0.362 e. The van der Waals surface area contributed by atoms with Crippen LogP contribution in [0.4, 0.5) is 5.13 Å². The van der Waals surface area contributed by atoms with E-state index in [1.54, 1.807) is 0 Å². The number of aliphatic carboxylic acids is 1. The standard InChI is InChI=1S/C13H17N5O8S2/c1-5-7(10(20)18(5)28(23,24)25)16-9(19)8(6-4-27-12(14)15-6)17-26-13(2,3)11(21)22/h4-5,7H,1-3H3,(H2,14,15)(H,16,19)(H,21,22)(H,23,24,25)/b17-8-/t5-,7-/m0/s1/i4D. The molecule has 15 heteroatoms. The molecule has 1 aromatic rings. The van der Waals surface area contributed by atoms with E-state index in [-0.39, 0.29) is 20.5 Å². The Morgan fingerprint density at radius 2 is 2.14 bits per heavy atom. The molecular formula is C13H17N5O8S2. The second kappa shape index (κ2) is 7.33. The second-order valence-corrected chi connectivity index (χ2v) is 8.27. The molecule has 13 nitrogen and oxygen atoms in total. The quantitative estimate of drug-likeness (QED) is 0.174. The zero-order valence-electron chi connectivity index (χ0n) is 15.7. The van der Waals surface area contributed by atoms with Crippen LogP contribution in [0.15, 0.2) is 10.5 Å². The van der Waals surface area contributed by atoms with Crippen LogP contribution in [0.3, 0.4) is 0 Å². The fourth-order valence-corrected chi connectivity index (χ4v) is 3.43. The van der Waals surface area contributed by atoms with Gasteiger partial charge in [-0.2, -0.15) is 8.42 Å². The molecular weight excluding hydrogens is 418 g/mol. The molecule has 0 radical (unpaired) electrons. The number of nitrogens with one attached hydrogen (secondary N) is 1. The van der Waals surface area contributed by atoms with E-state index < -0.39 is 51.5 Å². The monoisotopic (exact) mass is 436 g/mol. The first-order chi connectivity index (χ1) is 13.2. The Kier molecular flexibility index (Phi) is 5.22. The topological polar surface area (TPSA) is 202 Å². The summed E-state index contributed by atoms with van der Waals surface area (Å²) >= 11 is 0.711. The Hall–Kier alpha value is -2.78. The van der Waals surface area contributed by atoms with Gasteiger partial charge in [0.1, 0.15) is 11.7 Å². The number of thiazole rings is 1. The first-order valence-electron chi connectivity index (χ1n) is 8.01. The van der Waals surface area contributed by atoms with Gasteiger partial charge >= 0.3 is 16.3 Å². The van der Waals surface area contributed by atoms with Crippen LogP contribution in [-0.2, 0) is 29.5 Å². The highest BCUT2D eigenvalue weighted by Gasteiger charge is 2.51. The third-order valence-electron chi connectivity index (χ3n) is 3.66. The van der Waals surface area contributed by atoms with Gasteiger partial charge < -0.3 is 21.0 Å². The molecule has 1 fully saturated rings. The predicted octanol–water partition coefficient (Wildman–Crippen LogP) is -1.17. The number of carboxylic acids is 1.